The van der Waals surface area contributed by atoms with E-state index in [-0.39, 0.29) is 37.3 Å². The first-order valence-electron chi connectivity index (χ1n) is 14.9. The standard InChI is InChI=1S/C18H26BNO5.C13H18BNO3.ClH/c1-11-7-8-12-15-14(11)13(9-20-16(21)23-17(2,3)4)24-19(15)25-18(5,6)10-22-12;1-8-4-5-9-12-11(8)10(6-15)17-14(12)18-13(2,3)7-16-9;/h7-8,13H,9-10H2,1-6H3,(H,20,21);4-5,10H,6-7,15H2,1-3H3;1H/t13-;10-;/m11./s1. The molecule has 2 aromatic carbocycles. The van der Waals surface area contributed by atoms with Crippen molar-refractivity contribution in [1.29, 1.82) is 0 Å². The van der Waals surface area contributed by atoms with Gasteiger partial charge in [0.1, 0.15) is 30.3 Å². The van der Waals surface area contributed by atoms with Crippen LogP contribution in [0.5, 0.6) is 11.5 Å². The molecule has 4 aliphatic heterocycles. The zero-order valence-electron chi connectivity index (χ0n) is 27.2. The average molecular weight is 631 g/mol. The number of nitrogens with two attached hydrogens (primary N) is 1. The maximum absolute atomic E-state index is 12.0. The topological polar surface area (TPSA) is 120 Å². The van der Waals surface area contributed by atoms with E-state index in [4.69, 9.17) is 38.6 Å². The van der Waals surface area contributed by atoms with Gasteiger partial charge in [-0.1, -0.05) is 12.1 Å². The lowest BCUT2D eigenvalue weighted by Crippen LogP contribution is -2.41. The number of alkyl carbamates (subject to hydrolysis) is 1. The fourth-order valence-corrected chi connectivity index (χ4v) is 5.75. The number of nitrogens with one attached hydrogen (secondary N) is 1. The van der Waals surface area contributed by atoms with E-state index in [0.717, 1.165) is 39.1 Å². The third-order valence-corrected chi connectivity index (χ3v) is 7.67. The Morgan fingerprint density at radius 2 is 1.34 bits per heavy atom. The van der Waals surface area contributed by atoms with Crippen molar-refractivity contribution in [2.24, 2.45) is 5.73 Å². The molecule has 0 aromatic heterocycles. The van der Waals surface area contributed by atoms with Gasteiger partial charge in [-0.3, -0.25) is 0 Å². The zero-order chi connectivity index (χ0) is 31.3. The number of carbonyl (C=O) groups is 1. The van der Waals surface area contributed by atoms with Crippen LogP contribution in [0.3, 0.4) is 0 Å². The molecule has 0 bridgehead atoms. The number of ether oxygens (including phenoxy) is 3. The van der Waals surface area contributed by atoms with Crippen LogP contribution in [0.2, 0.25) is 0 Å². The van der Waals surface area contributed by atoms with E-state index in [1.807, 2.05) is 73.6 Å². The minimum Gasteiger partial charge on any atom is -0.491 e. The molecule has 2 atom stereocenters. The Morgan fingerprint density at radius 1 is 0.886 bits per heavy atom. The number of aryl methyl sites for hydroxylation is 2. The molecule has 0 fully saturated rings. The highest BCUT2D eigenvalue weighted by molar-refractivity contribution is 6.65. The summed E-state index contributed by atoms with van der Waals surface area (Å²) >= 11 is 0. The van der Waals surface area contributed by atoms with Gasteiger partial charge in [0.15, 0.2) is 0 Å². The lowest BCUT2D eigenvalue weighted by Gasteiger charge is -2.25. The Kier molecular flexibility index (Phi) is 9.95. The molecule has 2 aromatic rings. The summed E-state index contributed by atoms with van der Waals surface area (Å²) in [4.78, 5) is 12.0. The van der Waals surface area contributed by atoms with E-state index in [1.54, 1.807) is 0 Å². The van der Waals surface area contributed by atoms with Gasteiger partial charge < -0.3 is 43.9 Å². The molecule has 0 radical (unpaired) electrons. The van der Waals surface area contributed by atoms with E-state index in [0.29, 0.717) is 26.3 Å². The monoisotopic (exact) mass is 630 g/mol. The summed E-state index contributed by atoms with van der Waals surface area (Å²) in [6.07, 6.45) is -0.855. The maximum Gasteiger partial charge on any atom is 0.499 e. The van der Waals surface area contributed by atoms with E-state index in [9.17, 15) is 4.79 Å². The highest BCUT2D eigenvalue weighted by Crippen LogP contribution is 2.36. The van der Waals surface area contributed by atoms with Crippen molar-refractivity contribution in [2.75, 3.05) is 26.3 Å². The average Bonchev–Trinajstić information content (AvgIpc) is 3.37. The van der Waals surface area contributed by atoms with E-state index >= 15 is 0 Å². The predicted octanol–water partition coefficient (Wildman–Crippen LogP) is 3.80. The first kappa shape index (κ1) is 34.4. The van der Waals surface area contributed by atoms with Gasteiger partial charge in [0, 0.05) is 24.0 Å². The quantitative estimate of drug-likeness (QED) is 0.488. The van der Waals surface area contributed by atoms with Crippen LogP contribution in [-0.2, 0) is 23.4 Å². The maximum atomic E-state index is 12.0. The van der Waals surface area contributed by atoms with E-state index in [1.165, 1.54) is 5.56 Å². The van der Waals surface area contributed by atoms with Gasteiger partial charge in [0.05, 0.1) is 23.4 Å². The molecule has 240 valence electrons. The summed E-state index contributed by atoms with van der Waals surface area (Å²) in [6, 6.07) is 8.02. The van der Waals surface area contributed by atoms with Gasteiger partial charge in [0.2, 0.25) is 0 Å². The Balaban J connectivity index is 0.000000206. The predicted molar refractivity (Wildman–Crippen MR) is 173 cm³/mol. The molecule has 0 saturated heterocycles. The Hall–Kier alpha value is -2.47. The second-order valence-electron chi connectivity index (χ2n) is 13.8. The van der Waals surface area contributed by atoms with Crippen molar-refractivity contribution in [3.05, 3.63) is 46.5 Å². The molecule has 44 heavy (non-hydrogen) atoms. The molecule has 1 amide bonds. The first-order chi connectivity index (χ1) is 20.1. The summed E-state index contributed by atoms with van der Waals surface area (Å²) in [6.45, 7) is 19.3. The second kappa shape index (κ2) is 12.7. The molecular formula is C31H45B2ClN2O8. The molecule has 6 rings (SSSR count). The summed E-state index contributed by atoms with van der Waals surface area (Å²) < 4.78 is 41.3. The third-order valence-electron chi connectivity index (χ3n) is 7.67. The fraction of sp³-hybridized carbons (Fsp3) is 0.581. The third kappa shape index (κ3) is 7.32. The molecule has 0 saturated carbocycles. The number of benzene rings is 2. The number of halogens is 1. The van der Waals surface area contributed by atoms with Crippen molar-refractivity contribution in [1.82, 2.24) is 5.32 Å². The summed E-state index contributed by atoms with van der Waals surface area (Å²) in [5, 5.41) is 2.79. The minimum absolute atomic E-state index is 0. The largest absolute Gasteiger partial charge is 0.499 e. The lowest BCUT2D eigenvalue weighted by molar-refractivity contribution is 0.0249. The van der Waals surface area contributed by atoms with Crippen molar-refractivity contribution in [2.45, 2.75) is 91.3 Å². The number of carbonyl (C=O) groups excluding carboxylic acids is 1. The van der Waals surface area contributed by atoms with Gasteiger partial charge in [0.25, 0.3) is 0 Å². The van der Waals surface area contributed by atoms with Crippen LogP contribution < -0.4 is 31.4 Å². The van der Waals surface area contributed by atoms with Gasteiger partial charge in [-0.15, -0.1) is 12.4 Å². The lowest BCUT2D eigenvalue weighted by atomic mass is 9.76. The van der Waals surface area contributed by atoms with Gasteiger partial charge in [-0.05, 0) is 96.7 Å². The van der Waals surface area contributed by atoms with Crippen LogP contribution in [0.1, 0.15) is 82.9 Å². The number of amides is 1. The smallest absolute Gasteiger partial charge is 0.491 e. The Labute approximate surface area is 267 Å². The Morgan fingerprint density at radius 3 is 1.80 bits per heavy atom. The highest BCUT2D eigenvalue weighted by atomic mass is 35.5. The van der Waals surface area contributed by atoms with Crippen molar-refractivity contribution in [3.8, 4) is 11.5 Å². The van der Waals surface area contributed by atoms with Crippen LogP contribution in [0.25, 0.3) is 0 Å². The van der Waals surface area contributed by atoms with Crippen LogP contribution in [-0.4, -0.2) is 63.4 Å². The van der Waals surface area contributed by atoms with Crippen LogP contribution in [0.4, 0.5) is 4.79 Å². The molecular weight excluding hydrogens is 585 g/mol. The van der Waals surface area contributed by atoms with E-state index < -0.39 is 24.4 Å². The molecule has 4 aliphatic rings. The van der Waals surface area contributed by atoms with Crippen LogP contribution >= 0.6 is 12.4 Å². The van der Waals surface area contributed by atoms with Crippen molar-refractivity contribution in [3.63, 3.8) is 0 Å². The second-order valence-corrected chi connectivity index (χ2v) is 13.8. The number of hydrogen-bond donors (Lipinski definition) is 2. The van der Waals surface area contributed by atoms with Crippen molar-refractivity contribution < 1.29 is 37.6 Å². The van der Waals surface area contributed by atoms with Gasteiger partial charge in [-0.25, -0.2) is 4.79 Å². The molecule has 0 aliphatic carbocycles. The molecule has 10 nitrogen and oxygen atoms in total. The summed E-state index contributed by atoms with van der Waals surface area (Å²) in [7, 11) is -0.853. The zero-order valence-corrected chi connectivity index (χ0v) is 28.0. The SMILES string of the molecule is Cc1ccc2c3c1[C@@H](CN)OB3OC(C)(C)CO2.Cc1ccc2c3c1[C@@H](CNC(=O)OC(C)(C)C)OB3OC(C)(C)CO2.Cl. The fourth-order valence-electron chi connectivity index (χ4n) is 5.75. The number of hydrogen-bond acceptors (Lipinski definition) is 9. The van der Waals surface area contributed by atoms with Crippen molar-refractivity contribution >= 4 is 43.7 Å². The van der Waals surface area contributed by atoms with Gasteiger partial charge in [-0.2, -0.15) is 0 Å². The molecule has 0 unspecified atom stereocenters. The van der Waals surface area contributed by atoms with Crippen LogP contribution in [0.15, 0.2) is 24.3 Å². The normalized spacial score (nSPS) is 22.0. The molecule has 4 heterocycles. The van der Waals surface area contributed by atoms with E-state index in [2.05, 4.69) is 18.3 Å². The molecule has 13 heteroatoms. The summed E-state index contributed by atoms with van der Waals surface area (Å²) in [5.41, 5.74) is 10.8. The van der Waals surface area contributed by atoms with Crippen LogP contribution in [0, 0.1) is 13.8 Å². The number of rotatable bonds is 3. The summed E-state index contributed by atoms with van der Waals surface area (Å²) in [5.74, 6) is 1.65. The molecule has 0 spiro atoms. The highest BCUT2D eigenvalue weighted by Gasteiger charge is 2.47. The molecule has 3 N–H and O–H groups in total. The first-order valence-corrected chi connectivity index (χ1v) is 14.9. The van der Waals surface area contributed by atoms with Gasteiger partial charge >= 0.3 is 20.3 Å². The minimum atomic E-state index is -0.536. The Bertz CT molecular complexity index is 1380.